The predicted octanol–water partition coefficient (Wildman–Crippen LogP) is 2.15. The number of benzene rings is 1. The Morgan fingerprint density at radius 1 is 1.21 bits per heavy atom. The number of amides is 1. The highest BCUT2D eigenvalue weighted by molar-refractivity contribution is 5.94. The summed E-state index contributed by atoms with van der Waals surface area (Å²) in [5.74, 6) is -0.129. The van der Waals surface area contributed by atoms with Crippen LogP contribution in [0.3, 0.4) is 0 Å². The minimum Gasteiger partial charge on any atom is -0.504 e. The van der Waals surface area contributed by atoms with Gasteiger partial charge in [0.15, 0.2) is 11.6 Å². The van der Waals surface area contributed by atoms with Crippen molar-refractivity contribution in [3.05, 3.63) is 48.2 Å². The first-order valence-electron chi connectivity index (χ1n) is 5.90. The van der Waals surface area contributed by atoms with Crippen LogP contribution < -0.4 is 10.6 Å². The molecule has 0 fully saturated rings. The van der Waals surface area contributed by atoms with Crippen molar-refractivity contribution in [2.75, 3.05) is 17.2 Å². The molecule has 1 aromatic carbocycles. The quantitative estimate of drug-likeness (QED) is 0.784. The van der Waals surface area contributed by atoms with Crippen molar-refractivity contribution in [1.82, 2.24) is 4.98 Å². The highest BCUT2D eigenvalue weighted by atomic mass is 16.3. The maximum atomic E-state index is 11.7. The number of para-hydroxylation sites is 1. The third-order valence-electron chi connectivity index (χ3n) is 2.50. The third-order valence-corrected chi connectivity index (χ3v) is 2.50. The topological polar surface area (TPSA) is 74.2 Å². The molecule has 5 heteroatoms. The summed E-state index contributed by atoms with van der Waals surface area (Å²) >= 11 is 0. The first-order valence-corrected chi connectivity index (χ1v) is 5.90. The van der Waals surface area contributed by atoms with Gasteiger partial charge in [-0.05, 0) is 31.2 Å². The standard InChI is InChI=1S/C14H15N3O2/c1-10-7-8-12(18)14(16-10)17-13(19)9-15-11-5-3-2-4-6-11/h2-8,15,18H,9H2,1H3,(H,16,17,19). The zero-order chi connectivity index (χ0) is 13.7. The summed E-state index contributed by atoms with van der Waals surface area (Å²) in [6.45, 7) is 1.90. The first-order chi connectivity index (χ1) is 9.15. The Labute approximate surface area is 111 Å². The summed E-state index contributed by atoms with van der Waals surface area (Å²) in [6, 6.07) is 12.6. The number of aryl methyl sites for hydroxylation is 1. The molecule has 0 bridgehead atoms. The zero-order valence-electron chi connectivity index (χ0n) is 10.6. The molecular weight excluding hydrogens is 242 g/mol. The average molecular weight is 257 g/mol. The van der Waals surface area contributed by atoms with Crippen LogP contribution in [0.5, 0.6) is 5.75 Å². The fraction of sp³-hybridized carbons (Fsp3) is 0.143. The highest BCUT2D eigenvalue weighted by Gasteiger charge is 2.07. The lowest BCUT2D eigenvalue weighted by atomic mass is 10.3. The Kier molecular flexibility index (Phi) is 3.97. The maximum Gasteiger partial charge on any atom is 0.244 e. The first kappa shape index (κ1) is 12.9. The van der Waals surface area contributed by atoms with Crippen LogP contribution in [0.15, 0.2) is 42.5 Å². The van der Waals surface area contributed by atoms with Gasteiger partial charge in [-0.25, -0.2) is 4.98 Å². The molecule has 98 valence electrons. The molecule has 0 radical (unpaired) electrons. The van der Waals surface area contributed by atoms with E-state index in [1.54, 1.807) is 13.0 Å². The van der Waals surface area contributed by atoms with E-state index < -0.39 is 0 Å². The van der Waals surface area contributed by atoms with Gasteiger partial charge in [-0.3, -0.25) is 4.79 Å². The largest absolute Gasteiger partial charge is 0.504 e. The number of carbonyl (C=O) groups is 1. The Bertz CT molecular complexity index is 570. The maximum absolute atomic E-state index is 11.7. The van der Waals surface area contributed by atoms with Crippen molar-refractivity contribution < 1.29 is 9.90 Å². The summed E-state index contributed by atoms with van der Waals surface area (Å²) in [4.78, 5) is 15.8. The predicted molar refractivity (Wildman–Crippen MR) is 74.2 cm³/mol. The second-order valence-corrected chi connectivity index (χ2v) is 4.09. The molecule has 0 saturated carbocycles. The van der Waals surface area contributed by atoms with Crippen molar-refractivity contribution >= 4 is 17.4 Å². The van der Waals surface area contributed by atoms with Crippen LogP contribution in [0.2, 0.25) is 0 Å². The molecule has 1 aromatic heterocycles. The van der Waals surface area contributed by atoms with Gasteiger partial charge in [0, 0.05) is 11.4 Å². The van der Waals surface area contributed by atoms with Crippen LogP contribution in [0, 0.1) is 6.92 Å². The van der Waals surface area contributed by atoms with Crippen LogP contribution in [0.1, 0.15) is 5.69 Å². The number of hydrogen-bond acceptors (Lipinski definition) is 4. The van der Waals surface area contributed by atoms with Gasteiger partial charge in [0.1, 0.15) is 0 Å². The smallest absolute Gasteiger partial charge is 0.244 e. The fourth-order valence-corrected chi connectivity index (χ4v) is 1.56. The van der Waals surface area contributed by atoms with Gasteiger partial charge >= 0.3 is 0 Å². The van der Waals surface area contributed by atoms with Crippen molar-refractivity contribution in [3.8, 4) is 5.75 Å². The Hall–Kier alpha value is -2.56. The molecular formula is C14H15N3O2. The van der Waals surface area contributed by atoms with Gasteiger partial charge in [-0.15, -0.1) is 0 Å². The van der Waals surface area contributed by atoms with E-state index in [1.165, 1.54) is 6.07 Å². The monoisotopic (exact) mass is 257 g/mol. The van der Waals surface area contributed by atoms with E-state index in [4.69, 9.17) is 0 Å². The van der Waals surface area contributed by atoms with E-state index in [0.717, 1.165) is 11.4 Å². The van der Waals surface area contributed by atoms with Crippen molar-refractivity contribution in [2.24, 2.45) is 0 Å². The van der Waals surface area contributed by atoms with Gasteiger partial charge < -0.3 is 15.7 Å². The molecule has 2 rings (SSSR count). The second-order valence-electron chi connectivity index (χ2n) is 4.09. The molecule has 2 aromatic rings. The lowest BCUT2D eigenvalue weighted by molar-refractivity contribution is -0.114. The van der Waals surface area contributed by atoms with Crippen molar-refractivity contribution in [3.63, 3.8) is 0 Å². The molecule has 0 aliphatic rings. The number of rotatable bonds is 4. The van der Waals surface area contributed by atoms with Crippen LogP contribution in [-0.4, -0.2) is 22.5 Å². The number of aromatic nitrogens is 1. The van der Waals surface area contributed by atoms with E-state index in [9.17, 15) is 9.90 Å². The second kappa shape index (κ2) is 5.86. The van der Waals surface area contributed by atoms with E-state index in [0.29, 0.717) is 0 Å². The van der Waals surface area contributed by atoms with Crippen LogP contribution in [0.25, 0.3) is 0 Å². The van der Waals surface area contributed by atoms with Crippen LogP contribution >= 0.6 is 0 Å². The van der Waals surface area contributed by atoms with Crippen molar-refractivity contribution in [2.45, 2.75) is 6.92 Å². The van der Waals surface area contributed by atoms with E-state index in [-0.39, 0.29) is 24.0 Å². The Morgan fingerprint density at radius 3 is 2.68 bits per heavy atom. The molecule has 0 aliphatic heterocycles. The van der Waals surface area contributed by atoms with Gasteiger partial charge in [0.05, 0.1) is 6.54 Å². The fourth-order valence-electron chi connectivity index (χ4n) is 1.56. The molecule has 0 atom stereocenters. The Balaban J connectivity index is 1.93. The average Bonchev–Trinajstić information content (AvgIpc) is 2.42. The molecule has 0 saturated heterocycles. The molecule has 1 heterocycles. The number of carbonyl (C=O) groups excluding carboxylic acids is 1. The lowest BCUT2D eigenvalue weighted by Crippen LogP contribution is -2.22. The van der Waals surface area contributed by atoms with E-state index >= 15 is 0 Å². The van der Waals surface area contributed by atoms with Gasteiger partial charge in [-0.2, -0.15) is 0 Å². The molecule has 3 N–H and O–H groups in total. The normalized spacial score (nSPS) is 9.95. The summed E-state index contributed by atoms with van der Waals surface area (Å²) in [5, 5.41) is 15.1. The van der Waals surface area contributed by atoms with E-state index in [1.807, 2.05) is 30.3 Å². The summed E-state index contributed by atoms with van der Waals surface area (Å²) < 4.78 is 0. The number of aromatic hydroxyl groups is 1. The molecule has 0 spiro atoms. The van der Waals surface area contributed by atoms with Gasteiger partial charge in [0.25, 0.3) is 0 Å². The molecule has 1 amide bonds. The van der Waals surface area contributed by atoms with Crippen LogP contribution in [0.4, 0.5) is 11.5 Å². The summed E-state index contributed by atoms with van der Waals surface area (Å²) in [5.41, 5.74) is 1.59. The van der Waals surface area contributed by atoms with Gasteiger partial charge in [0.2, 0.25) is 5.91 Å². The molecule has 5 nitrogen and oxygen atoms in total. The number of hydrogen-bond donors (Lipinski definition) is 3. The molecule has 0 unspecified atom stereocenters. The molecule has 0 aliphatic carbocycles. The zero-order valence-corrected chi connectivity index (χ0v) is 10.6. The lowest BCUT2D eigenvalue weighted by Gasteiger charge is -2.08. The number of nitrogens with one attached hydrogen (secondary N) is 2. The Morgan fingerprint density at radius 2 is 1.95 bits per heavy atom. The number of anilines is 2. The third kappa shape index (κ3) is 3.70. The summed E-state index contributed by atoms with van der Waals surface area (Å²) in [7, 11) is 0. The highest BCUT2D eigenvalue weighted by Crippen LogP contribution is 2.19. The number of nitrogens with zero attached hydrogens (tertiary/aromatic N) is 1. The van der Waals surface area contributed by atoms with Crippen molar-refractivity contribution in [1.29, 1.82) is 0 Å². The van der Waals surface area contributed by atoms with E-state index in [2.05, 4.69) is 15.6 Å². The molecule has 19 heavy (non-hydrogen) atoms. The minimum absolute atomic E-state index is 0.0429. The van der Waals surface area contributed by atoms with Gasteiger partial charge in [-0.1, -0.05) is 18.2 Å². The van der Waals surface area contributed by atoms with Crippen LogP contribution in [-0.2, 0) is 4.79 Å². The number of pyridine rings is 1. The SMILES string of the molecule is Cc1ccc(O)c(NC(=O)CNc2ccccc2)n1. The minimum atomic E-state index is -0.266. The summed E-state index contributed by atoms with van der Waals surface area (Å²) in [6.07, 6.45) is 0.